The number of hydrogen-bond donors (Lipinski definition) is 3. The number of thioether (sulfide) groups is 1. The smallest absolute Gasteiger partial charge is 0.323 e. The summed E-state index contributed by atoms with van der Waals surface area (Å²) in [4.78, 5) is 18.1. The number of aliphatic hydroxyl groups excluding tert-OH is 1. The van der Waals surface area contributed by atoms with Crippen molar-refractivity contribution in [2.75, 3.05) is 16.4 Å². The molecule has 0 spiro atoms. The van der Waals surface area contributed by atoms with Gasteiger partial charge in [-0.25, -0.2) is 9.78 Å². The third-order valence-corrected chi connectivity index (χ3v) is 10.6. The number of carbonyl (C=O) groups excluding carboxylic acids is 1. The fourth-order valence-electron chi connectivity index (χ4n) is 6.69. The molecule has 10 heteroatoms. The van der Waals surface area contributed by atoms with Crippen LogP contribution in [0.3, 0.4) is 0 Å². The molecule has 8 rings (SSSR count). The molecule has 4 atom stereocenters. The van der Waals surface area contributed by atoms with Crippen LogP contribution in [-0.2, 0) is 16.1 Å². The Morgan fingerprint density at radius 3 is 2.05 bits per heavy atom. The molecule has 7 aromatic rings. The molecular weight excluding hydrogens is 735 g/mol. The highest BCUT2D eigenvalue weighted by Gasteiger charge is 2.39. The number of anilines is 2. The Kier molecular flexibility index (Phi) is 11.7. The van der Waals surface area contributed by atoms with Gasteiger partial charge in [0.2, 0.25) is 0 Å². The van der Waals surface area contributed by atoms with Crippen LogP contribution in [0.5, 0.6) is 11.5 Å². The van der Waals surface area contributed by atoms with E-state index in [4.69, 9.17) is 23.6 Å². The molecule has 9 nitrogen and oxygen atoms in total. The molecule has 2 heterocycles. The van der Waals surface area contributed by atoms with Gasteiger partial charge in [-0.2, -0.15) is 0 Å². The van der Waals surface area contributed by atoms with Crippen molar-refractivity contribution in [1.29, 1.82) is 0 Å². The maximum Gasteiger partial charge on any atom is 0.323 e. The van der Waals surface area contributed by atoms with Gasteiger partial charge >= 0.3 is 6.03 Å². The monoisotopic (exact) mass is 775 g/mol. The molecule has 0 aliphatic carbocycles. The zero-order valence-electron chi connectivity index (χ0n) is 31.2. The van der Waals surface area contributed by atoms with E-state index < -0.39 is 12.3 Å². The fraction of sp³-hybridized carbons (Fsp3) is 0.149. The van der Waals surface area contributed by atoms with Gasteiger partial charge in [-0.3, -0.25) is 0 Å². The van der Waals surface area contributed by atoms with Crippen LogP contribution >= 0.6 is 11.8 Å². The molecule has 1 fully saturated rings. The highest BCUT2D eigenvalue weighted by molar-refractivity contribution is 7.99. The van der Waals surface area contributed by atoms with Crippen molar-refractivity contribution in [3.8, 4) is 34.1 Å². The number of nitrogens with zero attached hydrogens (tertiary/aromatic N) is 1. The Bertz CT molecular complexity index is 2320. The summed E-state index contributed by atoms with van der Waals surface area (Å²) >= 11 is 1.50. The van der Waals surface area contributed by atoms with Crippen LogP contribution in [0, 0.1) is 5.92 Å². The molecule has 1 saturated heterocycles. The number of nitrogens with one attached hydrogen (secondary N) is 2. The van der Waals surface area contributed by atoms with Gasteiger partial charge in [0.1, 0.15) is 17.2 Å². The molecule has 0 radical (unpaired) electrons. The Morgan fingerprint density at radius 2 is 1.35 bits per heavy atom. The Morgan fingerprint density at radius 1 is 0.702 bits per heavy atom. The zero-order chi connectivity index (χ0) is 39.0. The lowest BCUT2D eigenvalue weighted by atomic mass is 9.91. The molecule has 57 heavy (non-hydrogen) atoms. The number of oxazole rings is 1. The summed E-state index contributed by atoms with van der Waals surface area (Å²) in [6, 6.07) is 51.6. The van der Waals surface area contributed by atoms with E-state index in [1.165, 1.54) is 11.8 Å². The van der Waals surface area contributed by atoms with Crippen molar-refractivity contribution < 1.29 is 28.5 Å². The van der Waals surface area contributed by atoms with E-state index in [2.05, 4.69) is 17.6 Å². The van der Waals surface area contributed by atoms with Gasteiger partial charge in [0.15, 0.2) is 12.1 Å². The molecule has 1 aromatic heterocycles. The van der Waals surface area contributed by atoms with Crippen molar-refractivity contribution >= 4 is 29.2 Å². The molecule has 6 aromatic carbocycles. The van der Waals surface area contributed by atoms with Crippen LogP contribution in [-0.4, -0.2) is 28.0 Å². The van der Waals surface area contributed by atoms with E-state index in [0.29, 0.717) is 33.9 Å². The van der Waals surface area contributed by atoms with Crippen LogP contribution in [0.15, 0.2) is 173 Å². The van der Waals surface area contributed by atoms with Crippen LogP contribution in [0.1, 0.15) is 36.0 Å². The first-order valence-corrected chi connectivity index (χ1v) is 19.7. The molecule has 4 unspecified atom stereocenters. The topological polar surface area (TPSA) is 115 Å². The van der Waals surface area contributed by atoms with Crippen LogP contribution in [0.4, 0.5) is 16.2 Å². The Balaban J connectivity index is 0.991. The van der Waals surface area contributed by atoms with E-state index in [1.807, 2.05) is 140 Å². The van der Waals surface area contributed by atoms with Crippen molar-refractivity contribution in [1.82, 2.24) is 4.98 Å². The number of hydrogen-bond acceptors (Lipinski definition) is 8. The number of aromatic nitrogens is 1. The molecule has 0 bridgehead atoms. The lowest BCUT2D eigenvalue weighted by Gasteiger charge is -2.41. The van der Waals surface area contributed by atoms with Crippen LogP contribution < -0.4 is 15.4 Å². The summed E-state index contributed by atoms with van der Waals surface area (Å²) in [6.07, 6.45) is -1.32. The minimum Gasteiger partial charge on any atom is -0.457 e. The molecular formula is C47H41N3O6S. The second-order valence-corrected chi connectivity index (χ2v) is 14.6. The van der Waals surface area contributed by atoms with E-state index in [9.17, 15) is 9.90 Å². The molecule has 3 N–H and O–H groups in total. The van der Waals surface area contributed by atoms with Crippen molar-refractivity contribution in [3.05, 3.63) is 180 Å². The second kappa shape index (κ2) is 17.7. The van der Waals surface area contributed by atoms with Crippen molar-refractivity contribution in [2.45, 2.75) is 37.3 Å². The van der Waals surface area contributed by atoms with E-state index in [0.717, 1.165) is 39.3 Å². The summed E-state index contributed by atoms with van der Waals surface area (Å²) in [5.41, 5.74) is 6.46. The summed E-state index contributed by atoms with van der Waals surface area (Å²) in [7, 11) is 0. The summed E-state index contributed by atoms with van der Waals surface area (Å²) in [5.74, 6) is 2.60. The molecule has 0 saturated carbocycles. The fourth-order valence-corrected chi connectivity index (χ4v) is 7.68. The number of carbonyl (C=O) groups is 1. The largest absolute Gasteiger partial charge is 0.457 e. The van der Waals surface area contributed by atoms with E-state index in [1.54, 1.807) is 24.3 Å². The van der Waals surface area contributed by atoms with Gasteiger partial charge in [-0.15, -0.1) is 0 Å². The van der Waals surface area contributed by atoms with E-state index >= 15 is 0 Å². The maximum atomic E-state index is 13.1. The standard InChI is InChI=1S/C47H41N3O6S/c1-31-41(30-57-47-50-42(33-12-5-2-6-13-33)44(56-47)34-14-7-3-8-15-34)54-45(55-43(31)35-22-20-32(29-51)21-23-35)36-16-11-17-38(28-36)49-46(52)48-37-24-26-40(27-25-37)53-39-18-9-4-10-19-39/h2-28,31,41,43,45,51H,29-30H2,1H3,(H2,48,49,52). The summed E-state index contributed by atoms with van der Waals surface area (Å²) in [5, 5.41) is 16.1. The predicted octanol–water partition coefficient (Wildman–Crippen LogP) is 11.5. The number of para-hydroxylation sites is 1. The minimum atomic E-state index is -0.736. The average molecular weight is 776 g/mol. The molecule has 1 aliphatic rings. The number of rotatable bonds is 12. The first-order valence-electron chi connectivity index (χ1n) is 18.7. The Hall–Kier alpha value is -6.17. The van der Waals surface area contributed by atoms with Gasteiger partial charge in [0, 0.05) is 39.7 Å². The average Bonchev–Trinajstić information content (AvgIpc) is 3.69. The Labute approximate surface area is 335 Å². The SMILES string of the molecule is CC1C(CSc2nc(-c3ccccc3)c(-c3ccccc3)o2)OC(c2cccc(NC(=O)Nc3ccc(Oc4ccccc4)cc3)c2)OC1c1ccc(CO)cc1. The summed E-state index contributed by atoms with van der Waals surface area (Å²) < 4.78 is 25.7. The minimum absolute atomic E-state index is 0.0419. The summed E-state index contributed by atoms with van der Waals surface area (Å²) in [6.45, 7) is 2.08. The third kappa shape index (κ3) is 9.28. The van der Waals surface area contributed by atoms with Gasteiger partial charge in [0.25, 0.3) is 5.22 Å². The highest BCUT2D eigenvalue weighted by Crippen LogP contribution is 2.44. The number of benzene rings is 6. The quantitative estimate of drug-likeness (QED) is 0.105. The van der Waals surface area contributed by atoms with E-state index in [-0.39, 0.29) is 24.7 Å². The lowest BCUT2D eigenvalue weighted by Crippen LogP contribution is -2.38. The lowest BCUT2D eigenvalue weighted by molar-refractivity contribution is -0.268. The zero-order valence-corrected chi connectivity index (χ0v) is 32.0. The second-order valence-electron chi connectivity index (χ2n) is 13.7. The van der Waals surface area contributed by atoms with Gasteiger partial charge in [0.05, 0.1) is 18.8 Å². The first kappa shape index (κ1) is 37.7. The van der Waals surface area contributed by atoms with Gasteiger partial charge in [-0.05, 0) is 59.7 Å². The predicted molar refractivity (Wildman–Crippen MR) is 223 cm³/mol. The van der Waals surface area contributed by atoms with Gasteiger partial charge < -0.3 is 34.4 Å². The number of ether oxygens (including phenoxy) is 3. The number of urea groups is 1. The number of amides is 2. The maximum absolute atomic E-state index is 13.1. The normalized spacial score (nSPS) is 17.8. The number of aliphatic hydroxyl groups is 1. The van der Waals surface area contributed by atoms with Crippen LogP contribution in [0.2, 0.25) is 0 Å². The molecule has 2 amide bonds. The highest BCUT2D eigenvalue weighted by atomic mass is 32.2. The van der Waals surface area contributed by atoms with Crippen molar-refractivity contribution in [3.63, 3.8) is 0 Å². The van der Waals surface area contributed by atoms with Gasteiger partial charge in [-0.1, -0.05) is 134 Å². The molecule has 286 valence electrons. The first-order chi connectivity index (χ1) is 28.0. The van der Waals surface area contributed by atoms with Crippen LogP contribution in [0.25, 0.3) is 22.6 Å². The molecule has 1 aliphatic heterocycles. The van der Waals surface area contributed by atoms with Crippen molar-refractivity contribution in [2.24, 2.45) is 5.92 Å². The third-order valence-electron chi connectivity index (χ3n) is 9.69.